The summed E-state index contributed by atoms with van der Waals surface area (Å²) in [5, 5.41) is 0. The summed E-state index contributed by atoms with van der Waals surface area (Å²) in [6.07, 6.45) is 0. The molecule has 2 rings (SSSR count). The molecule has 2 heterocycles. The summed E-state index contributed by atoms with van der Waals surface area (Å²) in [4.78, 5) is 38.7. The SMILES string of the molecule is Cc1ccc(CN(C)C(C)C(=O)c2c(N)n(C)c(=O)n(C)c2=O)o1. The van der Waals surface area contributed by atoms with E-state index in [0.29, 0.717) is 6.54 Å². The summed E-state index contributed by atoms with van der Waals surface area (Å²) in [7, 11) is 4.50. The quantitative estimate of drug-likeness (QED) is 0.787. The molecule has 0 spiro atoms. The average Bonchev–Trinajstić information content (AvgIpc) is 2.95. The number of rotatable bonds is 5. The highest BCUT2D eigenvalue weighted by Gasteiger charge is 2.27. The number of anilines is 1. The monoisotopic (exact) mass is 334 g/mol. The lowest BCUT2D eigenvalue weighted by Gasteiger charge is -2.23. The van der Waals surface area contributed by atoms with Crippen LogP contribution in [-0.2, 0) is 20.6 Å². The molecule has 1 atom stereocenters. The maximum Gasteiger partial charge on any atom is 0.332 e. The maximum absolute atomic E-state index is 12.8. The highest BCUT2D eigenvalue weighted by atomic mass is 16.3. The third-order valence-corrected chi connectivity index (χ3v) is 4.20. The van der Waals surface area contributed by atoms with Gasteiger partial charge in [0.25, 0.3) is 5.56 Å². The minimum Gasteiger partial charge on any atom is -0.465 e. The molecule has 24 heavy (non-hydrogen) atoms. The van der Waals surface area contributed by atoms with E-state index in [1.54, 1.807) is 18.9 Å². The smallest absolute Gasteiger partial charge is 0.332 e. The second kappa shape index (κ2) is 6.48. The van der Waals surface area contributed by atoms with Crippen LogP contribution < -0.4 is 17.0 Å². The summed E-state index contributed by atoms with van der Waals surface area (Å²) >= 11 is 0. The van der Waals surface area contributed by atoms with Crippen LogP contribution in [0.25, 0.3) is 0 Å². The Morgan fingerprint density at radius 3 is 2.46 bits per heavy atom. The Morgan fingerprint density at radius 1 is 1.29 bits per heavy atom. The van der Waals surface area contributed by atoms with Gasteiger partial charge in [-0.05, 0) is 33.0 Å². The molecule has 2 aromatic rings. The Labute approximate surface area is 139 Å². The lowest BCUT2D eigenvalue weighted by atomic mass is 10.1. The molecule has 0 radical (unpaired) electrons. The number of hydrogen-bond donors (Lipinski definition) is 1. The number of aryl methyl sites for hydroxylation is 1. The zero-order valence-corrected chi connectivity index (χ0v) is 14.5. The predicted molar refractivity (Wildman–Crippen MR) is 90.0 cm³/mol. The van der Waals surface area contributed by atoms with Crippen LogP contribution in [0.1, 0.15) is 28.8 Å². The second-order valence-electron chi connectivity index (χ2n) is 5.93. The van der Waals surface area contributed by atoms with Crippen molar-refractivity contribution in [3.63, 3.8) is 0 Å². The zero-order valence-electron chi connectivity index (χ0n) is 14.5. The minimum absolute atomic E-state index is 0.123. The first kappa shape index (κ1) is 17.7. The van der Waals surface area contributed by atoms with Crippen molar-refractivity contribution in [2.24, 2.45) is 14.1 Å². The van der Waals surface area contributed by atoms with Gasteiger partial charge in [0.05, 0.1) is 12.6 Å². The number of carbonyl (C=O) groups is 1. The van der Waals surface area contributed by atoms with E-state index >= 15 is 0 Å². The molecule has 8 heteroatoms. The Balaban J connectivity index is 2.34. The Kier molecular flexibility index (Phi) is 4.79. The van der Waals surface area contributed by atoms with E-state index in [0.717, 1.165) is 20.7 Å². The van der Waals surface area contributed by atoms with Gasteiger partial charge in [-0.3, -0.25) is 23.6 Å². The van der Waals surface area contributed by atoms with Gasteiger partial charge in [0.2, 0.25) is 0 Å². The molecule has 0 aliphatic heterocycles. The lowest BCUT2D eigenvalue weighted by molar-refractivity contribution is 0.0853. The molecule has 0 amide bonds. The lowest BCUT2D eigenvalue weighted by Crippen LogP contribution is -2.45. The molecule has 2 N–H and O–H groups in total. The molecule has 2 aromatic heterocycles. The van der Waals surface area contributed by atoms with Gasteiger partial charge >= 0.3 is 5.69 Å². The summed E-state index contributed by atoms with van der Waals surface area (Å²) < 4.78 is 7.48. The van der Waals surface area contributed by atoms with Crippen molar-refractivity contribution >= 4 is 11.6 Å². The molecule has 1 unspecified atom stereocenters. The van der Waals surface area contributed by atoms with Crippen molar-refractivity contribution < 1.29 is 9.21 Å². The number of carbonyl (C=O) groups excluding carboxylic acids is 1. The van der Waals surface area contributed by atoms with Crippen LogP contribution in [0, 0.1) is 6.92 Å². The van der Waals surface area contributed by atoms with Gasteiger partial charge in [0.1, 0.15) is 22.9 Å². The maximum atomic E-state index is 12.8. The predicted octanol–water partition coefficient (Wildman–Crippen LogP) is 0.271. The molecule has 0 aromatic carbocycles. The highest BCUT2D eigenvalue weighted by molar-refractivity contribution is 6.03. The number of Topliss-reactive ketones (excluding diaryl/α,β-unsaturated/α-hetero) is 1. The van der Waals surface area contributed by atoms with Crippen LogP contribution in [-0.4, -0.2) is 32.9 Å². The Hall–Kier alpha value is -2.61. The molecule has 130 valence electrons. The van der Waals surface area contributed by atoms with Gasteiger partial charge in [-0.2, -0.15) is 0 Å². The third kappa shape index (κ3) is 3.05. The minimum atomic E-state index is -0.685. The van der Waals surface area contributed by atoms with E-state index in [4.69, 9.17) is 10.2 Å². The van der Waals surface area contributed by atoms with Crippen LogP contribution in [0.5, 0.6) is 0 Å². The van der Waals surface area contributed by atoms with E-state index in [9.17, 15) is 14.4 Å². The van der Waals surface area contributed by atoms with E-state index in [-0.39, 0.29) is 11.4 Å². The summed E-state index contributed by atoms with van der Waals surface area (Å²) in [5.74, 6) is 0.946. The van der Waals surface area contributed by atoms with Crippen molar-refractivity contribution in [1.29, 1.82) is 0 Å². The second-order valence-corrected chi connectivity index (χ2v) is 5.93. The Morgan fingerprint density at radius 2 is 1.92 bits per heavy atom. The van der Waals surface area contributed by atoms with Gasteiger partial charge in [-0.15, -0.1) is 0 Å². The normalized spacial score (nSPS) is 12.6. The molecule has 8 nitrogen and oxygen atoms in total. The van der Waals surface area contributed by atoms with E-state index in [2.05, 4.69) is 0 Å². The number of nitrogens with zero attached hydrogens (tertiary/aromatic N) is 3. The fraction of sp³-hybridized carbons (Fsp3) is 0.438. The van der Waals surface area contributed by atoms with Crippen molar-refractivity contribution in [3.05, 3.63) is 50.1 Å². The summed E-state index contributed by atoms with van der Waals surface area (Å²) in [6.45, 7) is 3.93. The van der Waals surface area contributed by atoms with Gasteiger partial charge in [-0.1, -0.05) is 0 Å². The van der Waals surface area contributed by atoms with Crippen molar-refractivity contribution in [2.75, 3.05) is 12.8 Å². The van der Waals surface area contributed by atoms with Crippen LogP contribution >= 0.6 is 0 Å². The third-order valence-electron chi connectivity index (χ3n) is 4.20. The fourth-order valence-electron chi connectivity index (χ4n) is 2.45. The highest BCUT2D eigenvalue weighted by Crippen LogP contribution is 2.14. The van der Waals surface area contributed by atoms with Gasteiger partial charge < -0.3 is 10.2 Å². The number of aromatic nitrogens is 2. The van der Waals surface area contributed by atoms with Gasteiger partial charge in [0, 0.05) is 14.1 Å². The first-order valence-corrected chi connectivity index (χ1v) is 7.50. The molecule has 0 saturated heterocycles. The Bertz CT molecular complexity index is 890. The number of nitrogens with two attached hydrogens (primary N) is 1. The fourth-order valence-corrected chi connectivity index (χ4v) is 2.45. The van der Waals surface area contributed by atoms with Crippen LogP contribution in [0.4, 0.5) is 5.82 Å². The van der Waals surface area contributed by atoms with Crippen LogP contribution in [0.15, 0.2) is 26.1 Å². The molecule has 0 aliphatic rings. The van der Waals surface area contributed by atoms with Crippen LogP contribution in [0.2, 0.25) is 0 Å². The van der Waals surface area contributed by atoms with E-state index in [1.165, 1.54) is 14.1 Å². The number of nitrogen functional groups attached to an aromatic ring is 1. The van der Waals surface area contributed by atoms with Crippen molar-refractivity contribution in [2.45, 2.75) is 26.4 Å². The standard InChI is InChI=1S/C16H22N4O4/c1-9-6-7-11(24-9)8-18(3)10(2)13(21)12-14(17)19(4)16(23)20(5)15(12)22/h6-7,10H,8,17H2,1-5H3. The topological polar surface area (TPSA) is 103 Å². The van der Waals surface area contributed by atoms with E-state index < -0.39 is 23.1 Å². The molecule has 0 bridgehead atoms. The number of likely N-dealkylation sites (N-methyl/N-ethyl adjacent to an activating group) is 1. The molecule has 0 saturated carbocycles. The number of furan rings is 1. The number of hydrogen-bond acceptors (Lipinski definition) is 6. The van der Waals surface area contributed by atoms with Gasteiger partial charge in [-0.25, -0.2) is 4.79 Å². The van der Waals surface area contributed by atoms with E-state index in [1.807, 2.05) is 19.1 Å². The molecule has 0 aliphatic carbocycles. The molecular formula is C16H22N4O4. The first-order chi connectivity index (χ1) is 11.1. The van der Waals surface area contributed by atoms with Crippen molar-refractivity contribution in [3.8, 4) is 0 Å². The van der Waals surface area contributed by atoms with Crippen LogP contribution in [0.3, 0.4) is 0 Å². The largest absolute Gasteiger partial charge is 0.465 e. The number of ketones is 1. The summed E-state index contributed by atoms with van der Waals surface area (Å²) in [5.41, 5.74) is 4.41. The average molecular weight is 334 g/mol. The van der Waals surface area contributed by atoms with Crippen molar-refractivity contribution in [1.82, 2.24) is 14.0 Å². The summed E-state index contributed by atoms with van der Waals surface area (Å²) in [6, 6.07) is 3.07. The zero-order chi connectivity index (χ0) is 18.2. The first-order valence-electron chi connectivity index (χ1n) is 7.50. The molecule has 0 fully saturated rings. The molecular weight excluding hydrogens is 312 g/mol. The van der Waals surface area contributed by atoms with Gasteiger partial charge in [0.15, 0.2) is 5.78 Å².